The monoisotopic (exact) mass is 341 g/mol. The van der Waals surface area contributed by atoms with Gasteiger partial charge in [0.25, 0.3) is 0 Å². The minimum Gasteiger partial charge on any atom is -0.423 e. The van der Waals surface area contributed by atoms with E-state index in [2.05, 4.69) is 24.8 Å². The van der Waals surface area contributed by atoms with Crippen LogP contribution in [0.5, 0.6) is 0 Å². The van der Waals surface area contributed by atoms with Gasteiger partial charge in [-0.25, -0.2) is 4.79 Å². The highest BCUT2D eigenvalue weighted by Gasteiger charge is 2.36. The lowest BCUT2D eigenvalue weighted by molar-refractivity contribution is -0.0217. The Labute approximate surface area is 148 Å². The topological polar surface area (TPSA) is 42.7 Å². The van der Waals surface area contributed by atoms with E-state index in [1.54, 1.807) is 6.07 Å². The zero-order valence-electron chi connectivity index (χ0n) is 15.3. The van der Waals surface area contributed by atoms with E-state index in [9.17, 15) is 4.79 Å². The Morgan fingerprint density at radius 3 is 2.40 bits per heavy atom. The number of hydrogen-bond donors (Lipinski definition) is 0. The second-order valence-electron chi connectivity index (χ2n) is 7.91. The maximum Gasteiger partial charge on any atom is 0.336 e. The molecule has 0 radical (unpaired) electrons. The van der Waals surface area contributed by atoms with Crippen molar-refractivity contribution in [2.24, 2.45) is 5.41 Å². The van der Waals surface area contributed by atoms with Gasteiger partial charge in [-0.2, -0.15) is 0 Å². The minimum atomic E-state index is -0.247. The predicted octanol–water partition coefficient (Wildman–Crippen LogP) is 3.80. The van der Waals surface area contributed by atoms with Crippen molar-refractivity contribution in [1.29, 1.82) is 0 Å². The van der Waals surface area contributed by atoms with E-state index >= 15 is 0 Å². The summed E-state index contributed by atoms with van der Waals surface area (Å²) in [5, 5.41) is 1.08. The number of hydrogen-bond acceptors (Lipinski definition) is 4. The van der Waals surface area contributed by atoms with Crippen LogP contribution >= 0.6 is 0 Å². The summed E-state index contributed by atoms with van der Waals surface area (Å²) in [6.45, 7) is 9.04. The van der Waals surface area contributed by atoms with Crippen LogP contribution in [0.3, 0.4) is 0 Å². The number of benzene rings is 1. The maximum absolute atomic E-state index is 12.0. The van der Waals surface area contributed by atoms with Gasteiger partial charge in [-0.1, -0.05) is 0 Å². The first-order valence-corrected chi connectivity index (χ1v) is 9.39. The van der Waals surface area contributed by atoms with Crippen LogP contribution in [0, 0.1) is 19.3 Å². The van der Waals surface area contributed by atoms with E-state index in [1.165, 1.54) is 31.2 Å². The summed E-state index contributed by atoms with van der Waals surface area (Å²) in [6.07, 6.45) is 4.90. The summed E-state index contributed by atoms with van der Waals surface area (Å²) < 4.78 is 11.0. The fraction of sp³-hybridized carbons (Fsp3) is 0.571. The van der Waals surface area contributed by atoms with Gasteiger partial charge in [0.05, 0.1) is 0 Å². The standard InChI is InChI=1S/C21H27NO3/c1-15-11-18-17(13-20(23)25-19(18)12-16(15)2)14-22-7-3-21(4-8-22)5-9-24-10-6-21/h11-13H,3-10,14H2,1-2H3. The Balaban J connectivity index is 1.55. The molecule has 0 bridgehead atoms. The van der Waals surface area contributed by atoms with E-state index in [-0.39, 0.29) is 5.63 Å². The summed E-state index contributed by atoms with van der Waals surface area (Å²) in [5.41, 5.74) is 4.46. The molecule has 4 rings (SSSR count). The van der Waals surface area contributed by atoms with Crippen LogP contribution in [0.1, 0.15) is 42.4 Å². The first kappa shape index (κ1) is 16.8. The lowest BCUT2D eigenvalue weighted by atomic mass is 9.72. The summed E-state index contributed by atoms with van der Waals surface area (Å²) in [4.78, 5) is 14.5. The normalized spacial score (nSPS) is 21.0. The number of rotatable bonds is 2. The zero-order valence-corrected chi connectivity index (χ0v) is 15.3. The molecule has 1 spiro atoms. The molecular formula is C21H27NO3. The van der Waals surface area contributed by atoms with Crippen molar-refractivity contribution in [2.45, 2.75) is 46.1 Å². The molecule has 1 aromatic carbocycles. The van der Waals surface area contributed by atoms with Crippen LogP contribution in [-0.2, 0) is 11.3 Å². The number of aryl methyl sites for hydroxylation is 2. The van der Waals surface area contributed by atoms with Crippen LogP contribution in [0.4, 0.5) is 0 Å². The number of likely N-dealkylation sites (tertiary alicyclic amines) is 1. The summed E-state index contributed by atoms with van der Waals surface area (Å²) in [5.74, 6) is 0. The number of piperidine rings is 1. The SMILES string of the molecule is Cc1cc2oc(=O)cc(CN3CCC4(CCOCC4)CC3)c2cc1C. The van der Waals surface area contributed by atoms with Gasteiger partial charge < -0.3 is 9.15 Å². The van der Waals surface area contributed by atoms with Crippen molar-refractivity contribution in [2.75, 3.05) is 26.3 Å². The lowest BCUT2D eigenvalue weighted by Gasteiger charge is -2.44. The predicted molar refractivity (Wildman–Crippen MR) is 99.0 cm³/mol. The van der Waals surface area contributed by atoms with Gasteiger partial charge in [-0.3, -0.25) is 4.90 Å². The molecule has 0 atom stereocenters. The molecule has 0 saturated carbocycles. The van der Waals surface area contributed by atoms with Crippen molar-refractivity contribution in [3.8, 4) is 0 Å². The molecule has 2 fully saturated rings. The largest absolute Gasteiger partial charge is 0.423 e. The minimum absolute atomic E-state index is 0.247. The first-order chi connectivity index (χ1) is 12.0. The molecule has 4 heteroatoms. The van der Waals surface area contributed by atoms with E-state index in [0.717, 1.165) is 49.4 Å². The fourth-order valence-electron chi connectivity index (χ4n) is 4.34. The van der Waals surface area contributed by atoms with Gasteiger partial charge in [-0.05, 0) is 86.9 Å². The summed E-state index contributed by atoms with van der Waals surface area (Å²) >= 11 is 0. The highest BCUT2D eigenvalue weighted by Crippen LogP contribution is 2.41. The molecule has 0 unspecified atom stereocenters. The molecule has 2 aliphatic heterocycles. The van der Waals surface area contributed by atoms with Gasteiger partial charge in [0.2, 0.25) is 0 Å². The van der Waals surface area contributed by atoms with Crippen LogP contribution in [-0.4, -0.2) is 31.2 Å². The second kappa shape index (κ2) is 6.58. The molecule has 2 aromatic rings. The molecule has 0 N–H and O–H groups in total. The average molecular weight is 341 g/mol. The third kappa shape index (κ3) is 3.38. The molecule has 2 aliphatic rings. The molecule has 0 aliphatic carbocycles. The Morgan fingerprint density at radius 2 is 1.68 bits per heavy atom. The number of nitrogens with zero attached hydrogens (tertiary/aromatic N) is 1. The lowest BCUT2D eigenvalue weighted by Crippen LogP contribution is -2.42. The van der Waals surface area contributed by atoms with Gasteiger partial charge in [-0.15, -0.1) is 0 Å². The molecule has 1 aromatic heterocycles. The van der Waals surface area contributed by atoms with E-state index in [4.69, 9.17) is 9.15 Å². The van der Waals surface area contributed by atoms with E-state index < -0.39 is 0 Å². The molecular weight excluding hydrogens is 314 g/mol. The quantitative estimate of drug-likeness (QED) is 0.779. The van der Waals surface area contributed by atoms with Crippen LogP contribution in [0.15, 0.2) is 27.4 Å². The summed E-state index contributed by atoms with van der Waals surface area (Å²) in [7, 11) is 0. The van der Waals surface area contributed by atoms with E-state index in [1.807, 2.05) is 6.07 Å². The summed E-state index contributed by atoms with van der Waals surface area (Å²) in [6, 6.07) is 5.82. The number of ether oxygens (including phenoxy) is 1. The zero-order chi connectivity index (χ0) is 17.4. The highest BCUT2D eigenvalue weighted by molar-refractivity contribution is 5.81. The second-order valence-corrected chi connectivity index (χ2v) is 7.91. The third-order valence-electron chi connectivity index (χ3n) is 6.31. The van der Waals surface area contributed by atoms with Crippen LogP contribution in [0.2, 0.25) is 0 Å². The molecule has 3 heterocycles. The molecule has 0 amide bonds. The van der Waals surface area contributed by atoms with Crippen molar-refractivity contribution in [1.82, 2.24) is 4.90 Å². The Morgan fingerprint density at radius 1 is 1.00 bits per heavy atom. The molecule has 134 valence electrons. The van der Waals surface area contributed by atoms with Gasteiger partial charge in [0.15, 0.2) is 0 Å². The molecule has 2 saturated heterocycles. The highest BCUT2D eigenvalue weighted by atomic mass is 16.5. The van der Waals surface area contributed by atoms with Crippen molar-refractivity contribution >= 4 is 11.0 Å². The maximum atomic E-state index is 12.0. The Hall–Kier alpha value is -1.65. The van der Waals surface area contributed by atoms with Gasteiger partial charge in [0, 0.05) is 31.2 Å². The smallest absolute Gasteiger partial charge is 0.336 e. The average Bonchev–Trinajstić information content (AvgIpc) is 2.60. The van der Waals surface area contributed by atoms with Gasteiger partial charge >= 0.3 is 5.63 Å². The molecule has 25 heavy (non-hydrogen) atoms. The third-order valence-corrected chi connectivity index (χ3v) is 6.31. The van der Waals surface area contributed by atoms with Gasteiger partial charge in [0.1, 0.15) is 5.58 Å². The Kier molecular flexibility index (Phi) is 4.42. The fourth-order valence-corrected chi connectivity index (χ4v) is 4.34. The molecule has 4 nitrogen and oxygen atoms in total. The van der Waals surface area contributed by atoms with Crippen LogP contribution < -0.4 is 5.63 Å². The number of fused-ring (bicyclic) bond motifs is 1. The van der Waals surface area contributed by atoms with Crippen molar-refractivity contribution in [3.63, 3.8) is 0 Å². The van der Waals surface area contributed by atoms with Crippen molar-refractivity contribution in [3.05, 3.63) is 45.3 Å². The van der Waals surface area contributed by atoms with E-state index in [0.29, 0.717) is 11.0 Å². The first-order valence-electron chi connectivity index (χ1n) is 9.39. The Bertz CT molecular complexity index is 823. The van der Waals surface area contributed by atoms with Crippen molar-refractivity contribution < 1.29 is 9.15 Å². The van der Waals surface area contributed by atoms with Crippen LogP contribution in [0.25, 0.3) is 11.0 Å².